The predicted octanol–water partition coefficient (Wildman–Crippen LogP) is 3.83. The first kappa shape index (κ1) is 20.4. The molecule has 150 valence electrons. The second-order valence-corrected chi connectivity index (χ2v) is 7.20. The molecule has 3 aromatic rings. The van der Waals surface area contributed by atoms with Crippen LogP contribution in [0.5, 0.6) is 0 Å². The highest BCUT2D eigenvalue weighted by atomic mass is 16.3. The van der Waals surface area contributed by atoms with Crippen molar-refractivity contribution in [2.75, 3.05) is 19.4 Å². The Morgan fingerprint density at radius 2 is 1.69 bits per heavy atom. The summed E-state index contributed by atoms with van der Waals surface area (Å²) in [6.45, 7) is 3.18. The zero-order valence-corrected chi connectivity index (χ0v) is 16.9. The monoisotopic (exact) mass is 391 g/mol. The standard InChI is InChI=1S/C23H25N3O3/c1-16-6-11-19(13-20(16)25-23(28)21-5-4-12-29-21)22(27)24-14-17-7-9-18(10-8-17)15-26(2)3/h4-13H,14-15H2,1-3H3,(H,24,27)(H,25,28). The van der Waals surface area contributed by atoms with Crippen molar-refractivity contribution in [3.8, 4) is 0 Å². The van der Waals surface area contributed by atoms with Crippen molar-refractivity contribution in [3.63, 3.8) is 0 Å². The van der Waals surface area contributed by atoms with Gasteiger partial charge in [0.2, 0.25) is 0 Å². The van der Waals surface area contributed by atoms with Gasteiger partial charge in [0.15, 0.2) is 5.76 Å². The fraction of sp³-hybridized carbons (Fsp3) is 0.217. The van der Waals surface area contributed by atoms with Crippen molar-refractivity contribution in [1.29, 1.82) is 0 Å². The summed E-state index contributed by atoms with van der Waals surface area (Å²) in [4.78, 5) is 26.9. The molecule has 6 heteroatoms. The second-order valence-electron chi connectivity index (χ2n) is 7.20. The van der Waals surface area contributed by atoms with E-state index in [4.69, 9.17) is 4.42 Å². The van der Waals surface area contributed by atoms with E-state index in [1.807, 2.05) is 39.2 Å². The quantitative estimate of drug-likeness (QED) is 0.642. The number of carbonyl (C=O) groups is 2. The van der Waals surface area contributed by atoms with E-state index in [2.05, 4.69) is 27.7 Å². The minimum absolute atomic E-state index is 0.198. The smallest absolute Gasteiger partial charge is 0.291 e. The Labute approximate surface area is 170 Å². The van der Waals surface area contributed by atoms with Crippen LogP contribution in [0.15, 0.2) is 65.3 Å². The van der Waals surface area contributed by atoms with E-state index in [1.165, 1.54) is 11.8 Å². The predicted molar refractivity (Wildman–Crippen MR) is 113 cm³/mol. The van der Waals surface area contributed by atoms with Gasteiger partial charge in [-0.05, 0) is 62.0 Å². The number of amides is 2. The summed E-state index contributed by atoms with van der Waals surface area (Å²) in [6, 6.07) is 16.6. The zero-order valence-electron chi connectivity index (χ0n) is 16.9. The van der Waals surface area contributed by atoms with Gasteiger partial charge < -0.3 is 20.0 Å². The van der Waals surface area contributed by atoms with Gasteiger partial charge in [-0.25, -0.2) is 0 Å². The molecule has 2 N–H and O–H groups in total. The van der Waals surface area contributed by atoms with Crippen LogP contribution in [0.25, 0.3) is 0 Å². The van der Waals surface area contributed by atoms with E-state index in [0.717, 1.165) is 17.7 Å². The molecular weight excluding hydrogens is 366 g/mol. The van der Waals surface area contributed by atoms with Crippen molar-refractivity contribution < 1.29 is 14.0 Å². The molecule has 0 unspecified atom stereocenters. The average molecular weight is 391 g/mol. The van der Waals surface area contributed by atoms with Gasteiger partial charge in [-0.2, -0.15) is 0 Å². The Morgan fingerprint density at radius 1 is 0.966 bits per heavy atom. The zero-order chi connectivity index (χ0) is 20.8. The molecule has 6 nitrogen and oxygen atoms in total. The number of benzene rings is 2. The van der Waals surface area contributed by atoms with E-state index in [9.17, 15) is 9.59 Å². The minimum atomic E-state index is -0.353. The summed E-state index contributed by atoms with van der Waals surface area (Å²) >= 11 is 0. The topological polar surface area (TPSA) is 74.6 Å². The van der Waals surface area contributed by atoms with Gasteiger partial charge in [0, 0.05) is 24.3 Å². The van der Waals surface area contributed by atoms with Gasteiger partial charge in [-0.1, -0.05) is 30.3 Å². The lowest BCUT2D eigenvalue weighted by atomic mass is 10.1. The molecule has 0 bridgehead atoms. The summed E-state index contributed by atoms with van der Waals surface area (Å²) in [5, 5.41) is 5.71. The lowest BCUT2D eigenvalue weighted by molar-refractivity contribution is 0.0949. The van der Waals surface area contributed by atoms with Crippen LogP contribution >= 0.6 is 0 Å². The average Bonchev–Trinajstić information content (AvgIpc) is 3.23. The Hall–Kier alpha value is -3.38. The molecule has 1 aromatic heterocycles. The Bertz CT molecular complexity index is 977. The number of rotatable bonds is 7. The molecular formula is C23H25N3O3. The number of aryl methyl sites for hydroxylation is 1. The highest BCUT2D eigenvalue weighted by Gasteiger charge is 2.13. The van der Waals surface area contributed by atoms with Crippen molar-refractivity contribution in [2.24, 2.45) is 0 Å². The van der Waals surface area contributed by atoms with Crippen LogP contribution in [0.1, 0.15) is 37.6 Å². The maximum Gasteiger partial charge on any atom is 0.291 e. The third kappa shape index (κ3) is 5.56. The summed E-state index contributed by atoms with van der Waals surface area (Å²) < 4.78 is 5.11. The SMILES string of the molecule is Cc1ccc(C(=O)NCc2ccc(CN(C)C)cc2)cc1NC(=O)c1ccco1. The first-order valence-electron chi connectivity index (χ1n) is 9.38. The molecule has 0 spiro atoms. The summed E-state index contributed by atoms with van der Waals surface area (Å²) in [6.07, 6.45) is 1.44. The van der Waals surface area contributed by atoms with Crippen molar-refractivity contribution >= 4 is 17.5 Å². The maximum atomic E-state index is 12.6. The Morgan fingerprint density at radius 3 is 2.34 bits per heavy atom. The van der Waals surface area contributed by atoms with Crippen LogP contribution < -0.4 is 10.6 Å². The van der Waals surface area contributed by atoms with E-state index >= 15 is 0 Å². The number of furan rings is 1. The fourth-order valence-electron chi connectivity index (χ4n) is 2.90. The molecule has 0 aliphatic rings. The van der Waals surface area contributed by atoms with E-state index in [0.29, 0.717) is 17.8 Å². The lowest BCUT2D eigenvalue weighted by Gasteiger charge is -2.12. The molecule has 2 aromatic carbocycles. The fourth-order valence-corrected chi connectivity index (χ4v) is 2.90. The first-order valence-corrected chi connectivity index (χ1v) is 9.38. The molecule has 3 rings (SSSR count). The van der Waals surface area contributed by atoms with Gasteiger partial charge in [-0.3, -0.25) is 9.59 Å². The number of anilines is 1. The third-order valence-corrected chi connectivity index (χ3v) is 4.47. The number of carbonyl (C=O) groups excluding carboxylic acids is 2. The molecule has 0 saturated carbocycles. The summed E-state index contributed by atoms with van der Waals surface area (Å²) in [7, 11) is 4.06. The number of nitrogens with one attached hydrogen (secondary N) is 2. The van der Waals surface area contributed by atoms with Gasteiger partial charge in [-0.15, -0.1) is 0 Å². The molecule has 0 radical (unpaired) electrons. The van der Waals surface area contributed by atoms with E-state index in [-0.39, 0.29) is 17.6 Å². The normalized spacial score (nSPS) is 10.8. The number of nitrogens with zero attached hydrogens (tertiary/aromatic N) is 1. The molecule has 29 heavy (non-hydrogen) atoms. The number of hydrogen-bond acceptors (Lipinski definition) is 4. The largest absolute Gasteiger partial charge is 0.459 e. The van der Waals surface area contributed by atoms with E-state index < -0.39 is 0 Å². The molecule has 1 heterocycles. The second kappa shape index (κ2) is 9.21. The van der Waals surface area contributed by atoms with Crippen LogP contribution in [-0.2, 0) is 13.1 Å². The van der Waals surface area contributed by atoms with Crippen LogP contribution in [0, 0.1) is 6.92 Å². The lowest BCUT2D eigenvalue weighted by Crippen LogP contribution is -2.23. The molecule has 0 fully saturated rings. The highest BCUT2D eigenvalue weighted by molar-refractivity contribution is 6.03. The summed E-state index contributed by atoms with van der Waals surface area (Å²) in [5.41, 5.74) is 4.17. The third-order valence-electron chi connectivity index (χ3n) is 4.47. The van der Waals surface area contributed by atoms with Crippen molar-refractivity contribution in [1.82, 2.24) is 10.2 Å². The molecule has 2 amide bonds. The summed E-state index contributed by atoms with van der Waals surface area (Å²) in [5.74, 6) is -0.332. The van der Waals surface area contributed by atoms with Gasteiger partial charge in [0.25, 0.3) is 11.8 Å². The molecule has 0 saturated heterocycles. The van der Waals surface area contributed by atoms with Crippen LogP contribution in [-0.4, -0.2) is 30.8 Å². The molecule has 0 aliphatic carbocycles. The minimum Gasteiger partial charge on any atom is -0.459 e. The van der Waals surface area contributed by atoms with Crippen LogP contribution in [0.4, 0.5) is 5.69 Å². The maximum absolute atomic E-state index is 12.6. The Balaban J connectivity index is 1.62. The number of hydrogen-bond donors (Lipinski definition) is 2. The van der Waals surface area contributed by atoms with E-state index in [1.54, 1.807) is 24.3 Å². The van der Waals surface area contributed by atoms with Crippen LogP contribution in [0.3, 0.4) is 0 Å². The Kier molecular flexibility index (Phi) is 6.46. The van der Waals surface area contributed by atoms with Gasteiger partial charge in [0.05, 0.1) is 6.26 Å². The highest BCUT2D eigenvalue weighted by Crippen LogP contribution is 2.18. The van der Waals surface area contributed by atoms with Gasteiger partial charge >= 0.3 is 0 Å². The van der Waals surface area contributed by atoms with Crippen molar-refractivity contribution in [3.05, 3.63) is 88.9 Å². The van der Waals surface area contributed by atoms with Crippen molar-refractivity contribution in [2.45, 2.75) is 20.0 Å². The molecule has 0 atom stereocenters. The first-order chi connectivity index (χ1) is 13.9. The van der Waals surface area contributed by atoms with Crippen LogP contribution in [0.2, 0.25) is 0 Å². The molecule has 0 aliphatic heterocycles. The van der Waals surface area contributed by atoms with Gasteiger partial charge in [0.1, 0.15) is 0 Å².